The quantitative estimate of drug-likeness (QED) is 0.754. The first-order chi connectivity index (χ1) is 9.06. The van der Waals surface area contributed by atoms with Gasteiger partial charge in [0.1, 0.15) is 12.3 Å². The average Bonchev–Trinajstić information content (AvgIpc) is 2.38. The number of rotatable bonds is 7. The lowest BCUT2D eigenvalue weighted by Gasteiger charge is -2.18. The number of hydrogen-bond donors (Lipinski definition) is 1. The highest BCUT2D eigenvalue weighted by Gasteiger charge is 2.15. The molecule has 5 heteroatoms. The number of carbonyl (C=O) groups excluding carboxylic acids is 1. The summed E-state index contributed by atoms with van der Waals surface area (Å²) in [5.41, 5.74) is 0.810. The maximum Gasteiger partial charge on any atom is 0.323 e. The van der Waals surface area contributed by atoms with Gasteiger partial charge in [-0.15, -0.1) is 6.58 Å². The van der Waals surface area contributed by atoms with E-state index in [4.69, 9.17) is 9.84 Å². The van der Waals surface area contributed by atoms with Crippen LogP contribution in [0.25, 0.3) is 0 Å². The van der Waals surface area contributed by atoms with Crippen LogP contribution in [0, 0.1) is 0 Å². The van der Waals surface area contributed by atoms with E-state index in [-0.39, 0.29) is 25.4 Å². The molecular weight excluding hydrogens is 246 g/mol. The van der Waals surface area contributed by atoms with Crippen molar-refractivity contribution < 1.29 is 19.4 Å². The van der Waals surface area contributed by atoms with Gasteiger partial charge in [0.2, 0.25) is 5.91 Å². The van der Waals surface area contributed by atoms with E-state index >= 15 is 0 Å². The topological polar surface area (TPSA) is 66.8 Å². The third-order valence-corrected chi connectivity index (χ3v) is 2.54. The molecule has 0 aromatic heterocycles. The molecule has 1 N–H and O–H groups in total. The fourth-order valence-electron chi connectivity index (χ4n) is 1.60. The number of nitrogens with zero attached hydrogens (tertiary/aromatic N) is 1. The highest BCUT2D eigenvalue weighted by Crippen LogP contribution is 2.12. The Balaban J connectivity index is 2.68. The second-order valence-electron chi connectivity index (χ2n) is 3.98. The number of benzene rings is 1. The van der Waals surface area contributed by atoms with Gasteiger partial charge in [0.05, 0.1) is 13.5 Å². The first-order valence-electron chi connectivity index (χ1n) is 5.80. The lowest BCUT2D eigenvalue weighted by Crippen LogP contribution is -2.36. The molecule has 0 aliphatic heterocycles. The Bertz CT molecular complexity index is 453. The Morgan fingerprint density at radius 2 is 2.00 bits per heavy atom. The molecule has 0 atom stereocenters. The molecule has 0 radical (unpaired) electrons. The number of ether oxygens (including phenoxy) is 1. The molecular formula is C14H17NO4. The number of methoxy groups -OCH3 is 1. The Kier molecular flexibility index (Phi) is 5.60. The predicted octanol–water partition coefficient (Wildman–Crippen LogP) is 1.34. The van der Waals surface area contributed by atoms with Crippen molar-refractivity contribution in [3.8, 4) is 5.75 Å². The molecule has 0 bridgehead atoms. The molecule has 5 nitrogen and oxygen atoms in total. The Morgan fingerprint density at radius 3 is 2.47 bits per heavy atom. The summed E-state index contributed by atoms with van der Waals surface area (Å²) in [5.74, 6) is -0.568. The van der Waals surface area contributed by atoms with Crippen LogP contribution in [0.5, 0.6) is 5.75 Å². The molecule has 0 fully saturated rings. The lowest BCUT2D eigenvalue weighted by molar-refractivity contribution is -0.143. The van der Waals surface area contributed by atoms with Crippen molar-refractivity contribution in [2.24, 2.45) is 0 Å². The van der Waals surface area contributed by atoms with Crippen molar-refractivity contribution >= 4 is 11.9 Å². The van der Waals surface area contributed by atoms with Crippen LogP contribution in [-0.2, 0) is 16.0 Å². The molecule has 0 unspecified atom stereocenters. The van der Waals surface area contributed by atoms with E-state index < -0.39 is 5.97 Å². The van der Waals surface area contributed by atoms with E-state index in [0.29, 0.717) is 5.75 Å². The van der Waals surface area contributed by atoms with Gasteiger partial charge in [-0.05, 0) is 17.7 Å². The first kappa shape index (κ1) is 14.8. The number of hydrogen-bond acceptors (Lipinski definition) is 3. The van der Waals surface area contributed by atoms with Gasteiger partial charge in [-0.3, -0.25) is 9.59 Å². The van der Waals surface area contributed by atoms with Gasteiger partial charge in [-0.1, -0.05) is 18.2 Å². The number of carboxylic acids is 1. The van der Waals surface area contributed by atoms with Crippen LogP contribution in [-0.4, -0.2) is 42.1 Å². The van der Waals surface area contributed by atoms with E-state index in [9.17, 15) is 9.59 Å². The molecule has 0 aliphatic rings. The Hall–Kier alpha value is -2.30. The van der Waals surface area contributed by atoms with Crippen LogP contribution in [0.15, 0.2) is 36.9 Å². The third-order valence-electron chi connectivity index (χ3n) is 2.54. The maximum atomic E-state index is 12.0. The normalized spacial score (nSPS) is 9.74. The van der Waals surface area contributed by atoms with Crippen LogP contribution in [0.3, 0.4) is 0 Å². The van der Waals surface area contributed by atoms with E-state index in [1.807, 2.05) is 0 Å². The van der Waals surface area contributed by atoms with Gasteiger partial charge in [0, 0.05) is 6.54 Å². The second-order valence-corrected chi connectivity index (χ2v) is 3.98. The molecule has 102 valence electrons. The lowest BCUT2D eigenvalue weighted by atomic mass is 10.1. The Morgan fingerprint density at radius 1 is 1.37 bits per heavy atom. The van der Waals surface area contributed by atoms with Crippen molar-refractivity contribution in [2.45, 2.75) is 6.42 Å². The van der Waals surface area contributed by atoms with Crippen LogP contribution in [0.2, 0.25) is 0 Å². The second kappa shape index (κ2) is 7.20. The molecule has 0 saturated carbocycles. The molecule has 19 heavy (non-hydrogen) atoms. The first-order valence-corrected chi connectivity index (χ1v) is 5.80. The van der Waals surface area contributed by atoms with Crippen molar-refractivity contribution in [1.82, 2.24) is 4.90 Å². The fourth-order valence-corrected chi connectivity index (χ4v) is 1.60. The number of aliphatic carboxylic acids is 1. The number of carboxylic acid groups (broad SMARTS) is 1. The highest BCUT2D eigenvalue weighted by atomic mass is 16.5. The summed E-state index contributed by atoms with van der Waals surface area (Å²) in [6, 6.07) is 7.09. The van der Waals surface area contributed by atoms with Crippen LogP contribution in [0.1, 0.15) is 5.56 Å². The third kappa shape index (κ3) is 4.83. The summed E-state index contributed by atoms with van der Waals surface area (Å²) in [5, 5.41) is 8.75. The van der Waals surface area contributed by atoms with Crippen LogP contribution < -0.4 is 4.74 Å². The minimum absolute atomic E-state index is 0.158. The van der Waals surface area contributed by atoms with E-state index in [2.05, 4.69) is 6.58 Å². The summed E-state index contributed by atoms with van der Waals surface area (Å²) in [4.78, 5) is 23.9. The summed E-state index contributed by atoms with van der Waals surface area (Å²) in [6.45, 7) is 3.42. The number of amides is 1. The SMILES string of the molecule is C=CCN(CC(=O)O)C(=O)Cc1ccc(OC)cc1. The molecule has 1 rings (SSSR count). The van der Waals surface area contributed by atoms with E-state index in [1.54, 1.807) is 31.4 Å². The molecule has 0 aliphatic carbocycles. The Labute approximate surface area is 112 Å². The van der Waals surface area contributed by atoms with Gasteiger partial charge in [0.25, 0.3) is 0 Å². The van der Waals surface area contributed by atoms with Gasteiger partial charge < -0.3 is 14.7 Å². The van der Waals surface area contributed by atoms with Gasteiger partial charge in [-0.25, -0.2) is 0 Å². The van der Waals surface area contributed by atoms with Crippen molar-refractivity contribution in [2.75, 3.05) is 20.2 Å². The standard InChI is InChI=1S/C14H17NO4/c1-3-8-15(10-14(17)18)13(16)9-11-4-6-12(19-2)7-5-11/h3-7H,1,8-10H2,2H3,(H,17,18). The average molecular weight is 263 g/mol. The van der Waals surface area contributed by atoms with Gasteiger partial charge >= 0.3 is 5.97 Å². The smallest absolute Gasteiger partial charge is 0.323 e. The van der Waals surface area contributed by atoms with Crippen molar-refractivity contribution in [3.05, 3.63) is 42.5 Å². The molecule has 1 amide bonds. The number of carbonyl (C=O) groups is 2. The zero-order chi connectivity index (χ0) is 14.3. The van der Waals surface area contributed by atoms with Crippen molar-refractivity contribution in [3.63, 3.8) is 0 Å². The molecule has 0 saturated heterocycles. The van der Waals surface area contributed by atoms with Crippen LogP contribution in [0.4, 0.5) is 0 Å². The highest BCUT2D eigenvalue weighted by molar-refractivity contribution is 5.83. The summed E-state index contributed by atoms with van der Waals surface area (Å²) in [7, 11) is 1.57. The molecule has 0 spiro atoms. The van der Waals surface area contributed by atoms with E-state index in [1.165, 1.54) is 11.0 Å². The molecule has 1 aromatic carbocycles. The predicted molar refractivity (Wildman–Crippen MR) is 71.1 cm³/mol. The molecule has 0 heterocycles. The zero-order valence-corrected chi connectivity index (χ0v) is 10.8. The fraction of sp³-hybridized carbons (Fsp3) is 0.286. The van der Waals surface area contributed by atoms with Crippen LogP contribution >= 0.6 is 0 Å². The molecule has 1 aromatic rings. The minimum atomic E-state index is -1.04. The monoisotopic (exact) mass is 263 g/mol. The van der Waals surface area contributed by atoms with Gasteiger partial charge in [-0.2, -0.15) is 0 Å². The summed E-state index contributed by atoms with van der Waals surface area (Å²) in [6.07, 6.45) is 1.67. The van der Waals surface area contributed by atoms with Crippen molar-refractivity contribution in [1.29, 1.82) is 0 Å². The summed E-state index contributed by atoms with van der Waals surface area (Å²) < 4.78 is 5.03. The zero-order valence-electron chi connectivity index (χ0n) is 10.8. The summed E-state index contributed by atoms with van der Waals surface area (Å²) >= 11 is 0. The minimum Gasteiger partial charge on any atom is -0.497 e. The maximum absolute atomic E-state index is 12.0. The van der Waals surface area contributed by atoms with E-state index in [0.717, 1.165) is 5.56 Å². The van der Waals surface area contributed by atoms with Gasteiger partial charge in [0.15, 0.2) is 0 Å². The largest absolute Gasteiger partial charge is 0.497 e.